The molecule has 4 heteroatoms. The predicted molar refractivity (Wildman–Crippen MR) is 40.5 cm³/mol. The van der Waals surface area contributed by atoms with E-state index in [-0.39, 0.29) is 12.6 Å². The van der Waals surface area contributed by atoms with Crippen molar-refractivity contribution in [3.05, 3.63) is 0 Å². The van der Waals surface area contributed by atoms with E-state index >= 15 is 0 Å². The summed E-state index contributed by atoms with van der Waals surface area (Å²) in [6.07, 6.45) is 0. The van der Waals surface area contributed by atoms with Gasteiger partial charge in [-0.25, -0.2) is 0 Å². The van der Waals surface area contributed by atoms with E-state index in [1.807, 2.05) is 13.8 Å². The van der Waals surface area contributed by atoms with Crippen LogP contribution in [0.5, 0.6) is 0 Å². The lowest BCUT2D eigenvalue weighted by Gasteiger charge is -1.95. The number of alkyl halides is 1. The molecule has 0 spiro atoms. The summed E-state index contributed by atoms with van der Waals surface area (Å²) >= 11 is 5.12. The standard InChI is InChI=1S/C6H10ClNO2/c1-5(2)8-3-6(9)10-4-7/h3-4H2,1-2H3. The molecule has 0 N–H and O–H groups in total. The van der Waals surface area contributed by atoms with Crippen molar-refractivity contribution in [2.24, 2.45) is 4.99 Å². The first-order valence-corrected chi connectivity index (χ1v) is 3.39. The largest absolute Gasteiger partial charge is 0.448 e. The Kier molecular flexibility index (Phi) is 4.94. The summed E-state index contributed by atoms with van der Waals surface area (Å²) in [5.74, 6) is -0.392. The summed E-state index contributed by atoms with van der Waals surface area (Å²) in [7, 11) is 0. The molecule has 0 bridgehead atoms. The van der Waals surface area contributed by atoms with Gasteiger partial charge >= 0.3 is 5.97 Å². The molecule has 0 radical (unpaired) electrons. The van der Waals surface area contributed by atoms with Crippen molar-refractivity contribution in [3.63, 3.8) is 0 Å². The normalized spacial score (nSPS) is 8.70. The molecule has 0 aliphatic rings. The van der Waals surface area contributed by atoms with Gasteiger partial charge in [0.2, 0.25) is 0 Å². The summed E-state index contributed by atoms with van der Waals surface area (Å²) in [6.45, 7) is 3.69. The zero-order valence-corrected chi connectivity index (χ0v) is 6.81. The van der Waals surface area contributed by atoms with Gasteiger partial charge in [0.1, 0.15) is 6.54 Å². The second-order valence-corrected chi connectivity index (χ2v) is 2.11. The lowest BCUT2D eigenvalue weighted by molar-refractivity contribution is -0.139. The highest BCUT2D eigenvalue weighted by molar-refractivity contribution is 6.17. The second-order valence-electron chi connectivity index (χ2n) is 1.89. The van der Waals surface area contributed by atoms with Crippen molar-refractivity contribution >= 4 is 23.3 Å². The lowest BCUT2D eigenvalue weighted by Crippen LogP contribution is -2.07. The van der Waals surface area contributed by atoms with E-state index in [2.05, 4.69) is 9.73 Å². The number of hydrogen-bond acceptors (Lipinski definition) is 3. The summed E-state index contributed by atoms with van der Waals surface area (Å²) in [4.78, 5) is 14.4. The van der Waals surface area contributed by atoms with Crippen LogP contribution in [0.3, 0.4) is 0 Å². The van der Waals surface area contributed by atoms with Gasteiger partial charge in [0.25, 0.3) is 0 Å². The third-order valence-corrected chi connectivity index (χ3v) is 0.849. The molecular weight excluding hydrogens is 154 g/mol. The Bertz CT molecular complexity index is 141. The third-order valence-electron chi connectivity index (χ3n) is 0.740. The second kappa shape index (κ2) is 5.23. The summed E-state index contributed by atoms with van der Waals surface area (Å²) in [6, 6.07) is -0.100. The maximum Gasteiger partial charge on any atom is 0.328 e. The zero-order chi connectivity index (χ0) is 7.98. The van der Waals surface area contributed by atoms with Gasteiger partial charge in [0, 0.05) is 5.71 Å². The van der Waals surface area contributed by atoms with E-state index < -0.39 is 5.97 Å². The van der Waals surface area contributed by atoms with Crippen LogP contribution in [0.15, 0.2) is 4.99 Å². The van der Waals surface area contributed by atoms with E-state index in [1.54, 1.807) is 0 Å². The summed E-state index contributed by atoms with van der Waals surface area (Å²) in [5.41, 5.74) is 0.853. The smallest absolute Gasteiger partial charge is 0.328 e. The maximum absolute atomic E-state index is 10.5. The predicted octanol–water partition coefficient (Wildman–Crippen LogP) is 1.21. The SMILES string of the molecule is CC(C)=NCC(=O)OCCl. The fourth-order valence-electron chi connectivity index (χ4n) is 0.329. The van der Waals surface area contributed by atoms with Gasteiger partial charge in [-0.3, -0.25) is 9.79 Å². The lowest BCUT2D eigenvalue weighted by atomic mass is 10.5. The molecule has 0 aliphatic carbocycles. The monoisotopic (exact) mass is 163 g/mol. The van der Waals surface area contributed by atoms with Crippen molar-refractivity contribution in [2.75, 3.05) is 12.6 Å². The molecule has 0 aliphatic heterocycles. The first-order chi connectivity index (χ1) is 4.66. The minimum atomic E-state index is -0.392. The van der Waals surface area contributed by atoms with Crippen molar-refractivity contribution in [1.82, 2.24) is 0 Å². The van der Waals surface area contributed by atoms with Gasteiger partial charge in [-0.05, 0) is 13.8 Å². The molecule has 10 heavy (non-hydrogen) atoms. The Labute approximate surface area is 65.0 Å². The molecule has 0 saturated carbocycles. The van der Waals surface area contributed by atoms with E-state index in [0.717, 1.165) is 5.71 Å². The highest BCUT2D eigenvalue weighted by atomic mass is 35.5. The Morgan fingerprint density at radius 3 is 2.60 bits per heavy atom. The number of esters is 1. The average molecular weight is 164 g/mol. The fraction of sp³-hybridized carbons (Fsp3) is 0.667. The molecule has 3 nitrogen and oxygen atoms in total. The number of hydrogen-bond donors (Lipinski definition) is 0. The van der Waals surface area contributed by atoms with Crippen LogP contribution in [0, 0.1) is 0 Å². The van der Waals surface area contributed by atoms with Gasteiger partial charge in [-0.15, -0.1) is 0 Å². The maximum atomic E-state index is 10.5. The number of halogens is 1. The van der Waals surface area contributed by atoms with Crippen molar-refractivity contribution in [2.45, 2.75) is 13.8 Å². The number of aliphatic imine (C=N–C) groups is 1. The van der Waals surface area contributed by atoms with Crippen LogP contribution in [0.4, 0.5) is 0 Å². The summed E-state index contributed by atoms with van der Waals surface area (Å²) in [5, 5.41) is 0. The van der Waals surface area contributed by atoms with Gasteiger partial charge < -0.3 is 4.74 Å². The fourth-order valence-corrected chi connectivity index (χ4v) is 0.451. The number of carbonyl (C=O) groups is 1. The first kappa shape index (κ1) is 9.43. The zero-order valence-electron chi connectivity index (χ0n) is 6.06. The number of carbonyl (C=O) groups excluding carboxylic acids is 1. The summed E-state index contributed by atoms with van der Waals surface area (Å²) < 4.78 is 4.41. The van der Waals surface area contributed by atoms with Crippen LogP contribution < -0.4 is 0 Å². The molecule has 0 fully saturated rings. The van der Waals surface area contributed by atoms with E-state index in [0.29, 0.717) is 0 Å². The Balaban J connectivity index is 3.49. The Hall–Kier alpha value is -0.570. The van der Waals surface area contributed by atoms with Gasteiger partial charge in [0.15, 0.2) is 6.07 Å². The van der Waals surface area contributed by atoms with Crippen LogP contribution in [0.25, 0.3) is 0 Å². The topological polar surface area (TPSA) is 38.7 Å². The van der Waals surface area contributed by atoms with Crippen LogP contribution >= 0.6 is 11.6 Å². The Morgan fingerprint density at radius 1 is 1.60 bits per heavy atom. The molecule has 0 heterocycles. The highest BCUT2D eigenvalue weighted by Gasteiger charge is 1.97. The molecule has 0 saturated heterocycles. The molecule has 0 aromatic heterocycles. The van der Waals surface area contributed by atoms with E-state index in [9.17, 15) is 4.79 Å². The minimum Gasteiger partial charge on any atom is -0.448 e. The first-order valence-electron chi connectivity index (χ1n) is 2.86. The van der Waals surface area contributed by atoms with Crippen LogP contribution in [0.1, 0.15) is 13.8 Å². The van der Waals surface area contributed by atoms with Crippen molar-refractivity contribution in [1.29, 1.82) is 0 Å². The van der Waals surface area contributed by atoms with Crippen LogP contribution in [-0.4, -0.2) is 24.3 Å². The molecule has 0 aromatic rings. The highest BCUT2D eigenvalue weighted by Crippen LogP contribution is 1.84. The third kappa shape index (κ3) is 5.56. The molecule has 0 aromatic carbocycles. The molecule has 58 valence electrons. The number of rotatable bonds is 3. The molecule has 0 rings (SSSR count). The average Bonchev–Trinajstić information content (AvgIpc) is 1.85. The number of ether oxygens (including phenoxy) is 1. The van der Waals surface area contributed by atoms with Crippen LogP contribution in [0.2, 0.25) is 0 Å². The number of nitrogens with zero attached hydrogens (tertiary/aromatic N) is 1. The molecule has 0 amide bonds. The Morgan fingerprint density at radius 2 is 2.20 bits per heavy atom. The quantitative estimate of drug-likeness (QED) is 0.356. The molecule has 0 atom stereocenters. The van der Waals surface area contributed by atoms with Gasteiger partial charge in [-0.1, -0.05) is 11.6 Å². The van der Waals surface area contributed by atoms with Crippen molar-refractivity contribution in [3.8, 4) is 0 Å². The van der Waals surface area contributed by atoms with Crippen LogP contribution in [-0.2, 0) is 9.53 Å². The van der Waals surface area contributed by atoms with E-state index in [1.165, 1.54) is 0 Å². The van der Waals surface area contributed by atoms with E-state index in [4.69, 9.17) is 11.6 Å². The molecule has 0 unspecified atom stereocenters. The minimum absolute atomic E-state index is 0.0645. The van der Waals surface area contributed by atoms with Gasteiger partial charge in [-0.2, -0.15) is 0 Å². The molecular formula is C6H10ClNO2. The van der Waals surface area contributed by atoms with Crippen molar-refractivity contribution < 1.29 is 9.53 Å². The van der Waals surface area contributed by atoms with Gasteiger partial charge in [0.05, 0.1) is 0 Å².